The van der Waals surface area contributed by atoms with Crippen molar-refractivity contribution >= 4 is 17.6 Å². The molecule has 3 aromatic rings. The van der Waals surface area contributed by atoms with E-state index in [-0.39, 0.29) is 5.91 Å². The van der Waals surface area contributed by atoms with Gasteiger partial charge in [-0.3, -0.25) is 4.79 Å². The number of benzene rings is 3. The second-order valence-corrected chi connectivity index (χ2v) is 5.40. The van der Waals surface area contributed by atoms with Crippen molar-refractivity contribution in [2.24, 2.45) is 0 Å². The SMILES string of the molecule is COC(=O)c1ccccc1-c1ccccc1C(=O)Nc1ccccc1. The van der Waals surface area contributed by atoms with Crippen LogP contribution in [0.3, 0.4) is 0 Å². The van der Waals surface area contributed by atoms with E-state index in [0.29, 0.717) is 27.9 Å². The summed E-state index contributed by atoms with van der Waals surface area (Å²) in [5.41, 5.74) is 2.96. The minimum Gasteiger partial charge on any atom is -0.465 e. The second kappa shape index (κ2) is 7.45. The summed E-state index contributed by atoms with van der Waals surface area (Å²) < 4.78 is 4.85. The third kappa shape index (κ3) is 3.58. The predicted molar refractivity (Wildman–Crippen MR) is 97.6 cm³/mol. The first kappa shape index (κ1) is 16.5. The first-order valence-electron chi connectivity index (χ1n) is 7.84. The molecule has 0 bridgehead atoms. The van der Waals surface area contributed by atoms with E-state index in [9.17, 15) is 9.59 Å². The number of carbonyl (C=O) groups excluding carboxylic acids is 2. The summed E-state index contributed by atoms with van der Waals surface area (Å²) in [6, 6.07) is 23.5. The fourth-order valence-electron chi connectivity index (χ4n) is 2.64. The van der Waals surface area contributed by atoms with Crippen molar-refractivity contribution in [2.75, 3.05) is 12.4 Å². The third-order valence-corrected chi connectivity index (χ3v) is 3.83. The fourth-order valence-corrected chi connectivity index (χ4v) is 2.64. The molecule has 4 nitrogen and oxygen atoms in total. The lowest BCUT2D eigenvalue weighted by Crippen LogP contribution is -2.13. The molecule has 0 saturated heterocycles. The van der Waals surface area contributed by atoms with Crippen LogP contribution in [0, 0.1) is 0 Å². The Kier molecular flexibility index (Phi) is 4.90. The maximum atomic E-state index is 12.7. The van der Waals surface area contributed by atoms with Gasteiger partial charge in [-0.1, -0.05) is 54.6 Å². The molecule has 0 aromatic heterocycles. The number of anilines is 1. The molecular formula is C21H17NO3. The van der Waals surface area contributed by atoms with Gasteiger partial charge in [0.15, 0.2) is 0 Å². The normalized spacial score (nSPS) is 10.1. The summed E-state index contributed by atoms with van der Waals surface area (Å²) in [4.78, 5) is 24.8. The minimum atomic E-state index is -0.436. The van der Waals surface area contributed by atoms with Gasteiger partial charge in [-0.05, 0) is 35.4 Å². The Bertz CT molecular complexity index is 904. The number of hydrogen-bond donors (Lipinski definition) is 1. The number of ether oxygens (including phenoxy) is 1. The first-order valence-corrected chi connectivity index (χ1v) is 7.84. The van der Waals surface area contributed by atoms with Gasteiger partial charge in [0, 0.05) is 11.3 Å². The number of rotatable bonds is 4. The van der Waals surface area contributed by atoms with Crippen LogP contribution in [0.1, 0.15) is 20.7 Å². The number of carbonyl (C=O) groups is 2. The molecule has 0 radical (unpaired) electrons. The zero-order valence-electron chi connectivity index (χ0n) is 13.7. The van der Waals surface area contributed by atoms with Crippen LogP contribution >= 0.6 is 0 Å². The monoisotopic (exact) mass is 331 g/mol. The van der Waals surface area contributed by atoms with Crippen LogP contribution < -0.4 is 5.32 Å². The smallest absolute Gasteiger partial charge is 0.338 e. The average Bonchev–Trinajstić information content (AvgIpc) is 2.68. The van der Waals surface area contributed by atoms with E-state index in [2.05, 4.69) is 5.32 Å². The summed E-state index contributed by atoms with van der Waals surface area (Å²) in [7, 11) is 1.34. The fraction of sp³-hybridized carbons (Fsp3) is 0.0476. The number of methoxy groups -OCH3 is 1. The standard InChI is InChI=1S/C21H17NO3/c1-25-21(24)19-14-8-6-12-17(19)16-11-5-7-13-18(16)20(23)22-15-9-3-2-4-10-15/h2-14H,1H3,(H,22,23). The topological polar surface area (TPSA) is 55.4 Å². The molecule has 0 unspecified atom stereocenters. The van der Waals surface area contributed by atoms with Gasteiger partial charge in [0.1, 0.15) is 0 Å². The van der Waals surface area contributed by atoms with Crippen LogP contribution in [-0.4, -0.2) is 19.0 Å². The molecule has 0 atom stereocenters. The van der Waals surface area contributed by atoms with Gasteiger partial charge >= 0.3 is 5.97 Å². The molecule has 1 amide bonds. The van der Waals surface area contributed by atoms with E-state index in [0.717, 1.165) is 0 Å². The van der Waals surface area contributed by atoms with Gasteiger partial charge in [0.2, 0.25) is 0 Å². The third-order valence-electron chi connectivity index (χ3n) is 3.83. The van der Waals surface area contributed by atoms with E-state index in [1.165, 1.54) is 7.11 Å². The van der Waals surface area contributed by atoms with Crippen LogP contribution in [0.25, 0.3) is 11.1 Å². The Morgan fingerprint density at radius 1 is 0.720 bits per heavy atom. The Balaban J connectivity index is 2.03. The Labute approximate surface area is 146 Å². The lowest BCUT2D eigenvalue weighted by Gasteiger charge is -2.13. The molecule has 124 valence electrons. The Morgan fingerprint density at radius 3 is 1.88 bits per heavy atom. The number of nitrogens with one attached hydrogen (secondary N) is 1. The molecule has 0 saturated carbocycles. The summed E-state index contributed by atoms with van der Waals surface area (Å²) >= 11 is 0. The van der Waals surface area contributed by atoms with Gasteiger partial charge in [0.05, 0.1) is 12.7 Å². The molecule has 3 aromatic carbocycles. The van der Waals surface area contributed by atoms with Gasteiger partial charge in [0.25, 0.3) is 5.91 Å². The highest BCUT2D eigenvalue weighted by Crippen LogP contribution is 2.28. The van der Waals surface area contributed by atoms with Crippen molar-refractivity contribution in [3.8, 4) is 11.1 Å². The molecule has 25 heavy (non-hydrogen) atoms. The summed E-state index contributed by atoms with van der Waals surface area (Å²) in [6.07, 6.45) is 0. The maximum Gasteiger partial charge on any atom is 0.338 e. The van der Waals surface area contributed by atoms with Crippen LogP contribution in [0.5, 0.6) is 0 Å². The molecule has 3 rings (SSSR count). The van der Waals surface area contributed by atoms with E-state index >= 15 is 0 Å². The van der Waals surface area contributed by atoms with Crippen molar-refractivity contribution in [3.63, 3.8) is 0 Å². The molecule has 0 fully saturated rings. The van der Waals surface area contributed by atoms with Gasteiger partial charge in [-0.2, -0.15) is 0 Å². The van der Waals surface area contributed by atoms with Crippen molar-refractivity contribution in [1.29, 1.82) is 0 Å². The van der Waals surface area contributed by atoms with E-state index in [1.807, 2.05) is 48.5 Å². The first-order chi connectivity index (χ1) is 12.2. The van der Waals surface area contributed by atoms with Crippen molar-refractivity contribution < 1.29 is 14.3 Å². The Morgan fingerprint density at radius 2 is 1.24 bits per heavy atom. The molecule has 0 spiro atoms. The van der Waals surface area contributed by atoms with Crippen molar-refractivity contribution in [2.45, 2.75) is 0 Å². The highest BCUT2D eigenvalue weighted by molar-refractivity contribution is 6.10. The quantitative estimate of drug-likeness (QED) is 0.721. The predicted octanol–water partition coefficient (Wildman–Crippen LogP) is 4.39. The Hall–Kier alpha value is -3.40. The minimum absolute atomic E-state index is 0.235. The summed E-state index contributed by atoms with van der Waals surface area (Å²) in [5.74, 6) is -0.671. The highest BCUT2D eigenvalue weighted by atomic mass is 16.5. The molecule has 0 heterocycles. The number of esters is 1. The van der Waals surface area contributed by atoms with Gasteiger partial charge in [-0.15, -0.1) is 0 Å². The summed E-state index contributed by atoms with van der Waals surface area (Å²) in [5, 5.41) is 2.88. The molecule has 4 heteroatoms. The van der Waals surface area contributed by atoms with E-state index in [4.69, 9.17) is 4.74 Å². The second-order valence-electron chi connectivity index (χ2n) is 5.40. The molecular weight excluding hydrogens is 314 g/mol. The summed E-state index contributed by atoms with van der Waals surface area (Å²) in [6.45, 7) is 0. The van der Waals surface area contributed by atoms with Gasteiger partial charge < -0.3 is 10.1 Å². The molecule has 1 N–H and O–H groups in total. The highest BCUT2D eigenvalue weighted by Gasteiger charge is 2.18. The largest absolute Gasteiger partial charge is 0.465 e. The number of amides is 1. The van der Waals surface area contributed by atoms with E-state index in [1.54, 1.807) is 30.3 Å². The number of hydrogen-bond acceptors (Lipinski definition) is 3. The van der Waals surface area contributed by atoms with Crippen molar-refractivity contribution in [3.05, 3.63) is 90.0 Å². The van der Waals surface area contributed by atoms with Crippen LogP contribution in [0.4, 0.5) is 5.69 Å². The van der Waals surface area contributed by atoms with Crippen molar-refractivity contribution in [1.82, 2.24) is 0 Å². The van der Waals surface area contributed by atoms with Gasteiger partial charge in [-0.25, -0.2) is 4.79 Å². The lowest BCUT2D eigenvalue weighted by atomic mass is 9.95. The molecule has 0 aliphatic carbocycles. The zero-order chi connectivity index (χ0) is 17.6. The van der Waals surface area contributed by atoms with Crippen LogP contribution in [-0.2, 0) is 4.74 Å². The van der Waals surface area contributed by atoms with Crippen LogP contribution in [0.2, 0.25) is 0 Å². The number of para-hydroxylation sites is 1. The lowest BCUT2D eigenvalue weighted by molar-refractivity contribution is 0.0601. The molecule has 0 aliphatic heterocycles. The molecule has 0 aliphatic rings. The average molecular weight is 331 g/mol. The van der Waals surface area contributed by atoms with Crippen LogP contribution in [0.15, 0.2) is 78.9 Å². The zero-order valence-corrected chi connectivity index (χ0v) is 13.7. The van der Waals surface area contributed by atoms with E-state index < -0.39 is 5.97 Å². The maximum absolute atomic E-state index is 12.7.